The maximum Gasteiger partial charge on any atom is 0.338 e. The van der Waals surface area contributed by atoms with E-state index in [4.69, 9.17) is 30.5 Å². The molecule has 0 saturated heterocycles. The number of nitrogens with zero attached hydrogens (tertiary/aromatic N) is 1. The summed E-state index contributed by atoms with van der Waals surface area (Å²) in [7, 11) is -1.11. The molecule has 4 aliphatic rings. The number of ether oxygens (including phenoxy) is 4. The van der Waals surface area contributed by atoms with E-state index in [0.29, 0.717) is 36.8 Å². The average Bonchev–Trinajstić information content (AvgIpc) is 3.31. The van der Waals surface area contributed by atoms with E-state index in [1.807, 2.05) is 19.1 Å². The first-order valence-corrected chi connectivity index (χ1v) is 21.2. The second-order valence-electron chi connectivity index (χ2n) is 15.7. The topological polar surface area (TPSA) is 120 Å². The molecule has 1 amide bonds. The zero-order chi connectivity index (χ0) is 38.7. The van der Waals surface area contributed by atoms with E-state index in [-0.39, 0.29) is 36.0 Å². The number of nitrogens with one attached hydrogen (secondary N) is 1. The minimum atomic E-state index is -4.31. The van der Waals surface area contributed by atoms with Crippen LogP contribution in [0.25, 0.3) is 0 Å². The second-order valence-corrected chi connectivity index (χ2v) is 18.1. The van der Waals surface area contributed by atoms with Gasteiger partial charge in [-0.3, -0.25) is 4.79 Å². The number of methoxy groups -OCH3 is 2. The Bertz CT molecular complexity index is 2010. The maximum absolute atomic E-state index is 14.3. The lowest BCUT2D eigenvalue weighted by atomic mass is 9.68. The van der Waals surface area contributed by atoms with Crippen molar-refractivity contribution in [2.24, 2.45) is 17.8 Å². The first kappa shape index (κ1) is 39.3. The van der Waals surface area contributed by atoms with Gasteiger partial charge in [0.2, 0.25) is 10.0 Å². The molecule has 3 aromatic rings. The molecule has 12 heteroatoms. The van der Waals surface area contributed by atoms with Crippen LogP contribution in [0.1, 0.15) is 77.3 Å². The molecule has 0 radical (unpaired) electrons. The standard InChI is InChI=1S/C43H51ClN2O8S/c1-28-9-7-13-38(52-3)35-17-14-32(35)24-46-26-43(20-8-12-30-21-33(44)16-18-36(30)43)27-53-39-19-15-31(22-37(39)46)41(47)45-55(49,50)40(28)23-34(25-51-2)54-42(48)29-10-5-4-6-11-29/h4-7,10-11,13,15-16,18-19,21-22,28,32,34-35,38,40H,8-9,12,14,17,20,23-27H2,1-3H3,(H,45,47)/b13-7+/t28-,32-,34-,35+,38-,40-,43-/m0/s1. The highest BCUT2D eigenvalue weighted by atomic mass is 35.5. The molecule has 294 valence electrons. The van der Waals surface area contributed by atoms with Crippen LogP contribution in [0.15, 0.2) is 78.9 Å². The van der Waals surface area contributed by atoms with Gasteiger partial charge in [-0.05, 0) is 110 Å². The molecule has 55 heavy (non-hydrogen) atoms. The largest absolute Gasteiger partial charge is 0.490 e. The Hall–Kier alpha value is -3.90. The van der Waals surface area contributed by atoms with Crippen molar-refractivity contribution in [2.45, 2.75) is 74.7 Å². The second kappa shape index (κ2) is 16.7. The molecule has 2 heterocycles. The van der Waals surface area contributed by atoms with Crippen molar-refractivity contribution in [1.82, 2.24) is 4.72 Å². The van der Waals surface area contributed by atoms with Crippen LogP contribution in [-0.2, 0) is 36.1 Å². The number of rotatable bonds is 7. The maximum atomic E-state index is 14.3. The number of sulfonamides is 1. The monoisotopic (exact) mass is 790 g/mol. The Labute approximate surface area is 329 Å². The fourth-order valence-electron chi connectivity index (χ4n) is 9.09. The molecular formula is C43H51ClN2O8S. The molecular weight excluding hydrogens is 740 g/mol. The summed E-state index contributed by atoms with van der Waals surface area (Å²) in [5.41, 5.74) is 3.52. The van der Waals surface area contributed by atoms with E-state index < -0.39 is 39.2 Å². The molecule has 2 bridgehead atoms. The van der Waals surface area contributed by atoms with Crippen molar-refractivity contribution < 1.29 is 37.0 Å². The van der Waals surface area contributed by atoms with Crippen molar-refractivity contribution in [2.75, 3.05) is 45.4 Å². The van der Waals surface area contributed by atoms with Gasteiger partial charge in [-0.25, -0.2) is 17.9 Å². The number of hydrogen-bond donors (Lipinski definition) is 1. The van der Waals surface area contributed by atoms with Crippen LogP contribution < -0.4 is 14.4 Å². The van der Waals surface area contributed by atoms with Gasteiger partial charge in [0.05, 0.1) is 35.8 Å². The smallest absolute Gasteiger partial charge is 0.338 e. The molecule has 1 fully saturated rings. The Kier molecular flexibility index (Phi) is 11.9. The highest BCUT2D eigenvalue weighted by Crippen LogP contribution is 2.47. The molecule has 10 nitrogen and oxygen atoms in total. The fourth-order valence-corrected chi connectivity index (χ4v) is 11.0. The summed E-state index contributed by atoms with van der Waals surface area (Å²) in [4.78, 5) is 29.5. The quantitative estimate of drug-likeness (QED) is 0.197. The summed E-state index contributed by atoms with van der Waals surface area (Å²) in [6.07, 6.45) is 8.29. The van der Waals surface area contributed by atoms with Crippen molar-refractivity contribution in [3.05, 3.63) is 106 Å². The van der Waals surface area contributed by atoms with Gasteiger partial charge in [0.1, 0.15) is 11.9 Å². The number of carbonyl (C=O) groups excluding carboxylic acids is 2. The van der Waals surface area contributed by atoms with Gasteiger partial charge in [-0.2, -0.15) is 0 Å². The molecule has 3 aromatic carbocycles. The number of esters is 1. The molecule has 2 aliphatic heterocycles. The van der Waals surface area contributed by atoms with Crippen LogP contribution >= 0.6 is 11.6 Å². The Morgan fingerprint density at radius 3 is 2.65 bits per heavy atom. The SMILES string of the molecule is COC[C@H](C[C@H]1[C@@H](C)C/C=C/[C@H](OC)[C@@H]2CC[C@H]2CN2C[C@@]3(CCCc4cc(Cl)ccc43)COc3ccc(cc32)C(=O)NS1(=O)=O)OC(=O)c1ccccc1. The van der Waals surface area contributed by atoms with E-state index in [2.05, 4.69) is 27.8 Å². The number of benzene rings is 3. The average molecular weight is 791 g/mol. The molecule has 7 rings (SSSR count). The summed E-state index contributed by atoms with van der Waals surface area (Å²) < 4.78 is 55.0. The van der Waals surface area contributed by atoms with E-state index in [1.54, 1.807) is 55.6 Å². The lowest BCUT2D eigenvalue weighted by Crippen LogP contribution is -2.49. The summed E-state index contributed by atoms with van der Waals surface area (Å²) in [5, 5.41) is -0.380. The number of hydrogen-bond acceptors (Lipinski definition) is 9. The van der Waals surface area contributed by atoms with Gasteiger partial charge in [0.15, 0.2) is 0 Å². The minimum absolute atomic E-state index is 0.0183. The first-order chi connectivity index (χ1) is 26.5. The Morgan fingerprint density at radius 2 is 1.91 bits per heavy atom. The van der Waals surface area contributed by atoms with E-state index >= 15 is 0 Å². The van der Waals surface area contributed by atoms with Crippen LogP contribution in [0.2, 0.25) is 5.02 Å². The van der Waals surface area contributed by atoms with E-state index in [1.165, 1.54) is 18.2 Å². The highest BCUT2D eigenvalue weighted by molar-refractivity contribution is 7.90. The number of allylic oxidation sites excluding steroid dienone is 1. The highest BCUT2D eigenvalue weighted by Gasteiger charge is 2.45. The fraction of sp³-hybridized carbons (Fsp3) is 0.488. The van der Waals surface area contributed by atoms with Gasteiger partial charge < -0.3 is 23.8 Å². The lowest BCUT2D eigenvalue weighted by molar-refractivity contribution is 0.00165. The summed E-state index contributed by atoms with van der Waals surface area (Å²) in [6.45, 7) is 3.71. The number of anilines is 1. The number of amides is 1. The van der Waals surface area contributed by atoms with Gasteiger partial charge >= 0.3 is 5.97 Å². The minimum Gasteiger partial charge on any atom is -0.490 e. The lowest BCUT2D eigenvalue weighted by Gasteiger charge is -2.46. The molecule has 1 saturated carbocycles. The summed E-state index contributed by atoms with van der Waals surface area (Å²) in [5.74, 6) is -0.520. The van der Waals surface area contributed by atoms with E-state index in [9.17, 15) is 18.0 Å². The summed E-state index contributed by atoms with van der Waals surface area (Å²) >= 11 is 6.46. The normalized spacial score (nSPS) is 28.6. The zero-order valence-electron chi connectivity index (χ0n) is 31.7. The molecule has 0 unspecified atom stereocenters. The predicted octanol–water partition coefficient (Wildman–Crippen LogP) is 7.14. The van der Waals surface area contributed by atoms with Crippen LogP contribution in [0.5, 0.6) is 5.75 Å². The van der Waals surface area contributed by atoms with Gasteiger partial charge in [0.25, 0.3) is 5.91 Å². The third-order valence-corrected chi connectivity index (χ3v) is 14.3. The molecule has 0 aromatic heterocycles. The third kappa shape index (κ3) is 8.45. The zero-order valence-corrected chi connectivity index (χ0v) is 33.3. The van der Waals surface area contributed by atoms with Crippen LogP contribution in [0.3, 0.4) is 0 Å². The number of aryl methyl sites for hydroxylation is 1. The third-order valence-electron chi connectivity index (χ3n) is 12.2. The molecule has 1 spiro atoms. The molecule has 2 aliphatic carbocycles. The Morgan fingerprint density at radius 1 is 1.09 bits per heavy atom. The predicted molar refractivity (Wildman–Crippen MR) is 212 cm³/mol. The molecule has 1 N–H and O–H groups in total. The van der Waals surface area contributed by atoms with Crippen LogP contribution in [0.4, 0.5) is 5.69 Å². The first-order valence-electron chi connectivity index (χ1n) is 19.3. The van der Waals surface area contributed by atoms with Crippen molar-refractivity contribution >= 4 is 39.2 Å². The van der Waals surface area contributed by atoms with Gasteiger partial charge in [-0.15, -0.1) is 0 Å². The number of halogens is 1. The van der Waals surface area contributed by atoms with Crippen molar-refractivity contribution in [1.29, 1.82) is 0 Å². The van der Waals surface area contributed by atoms with Crippen LogP contribution in [0, 0.1) is 17.8 Å². The van der Waals surface area contributed by atoms with Crippen molar-refractivity contribution in [3.8, 4) is 5.75 Å². The Balaban J connectivity index is 1.24. The van der Waals surface area contributed by atoms with Crippen molar-refractivity contribution in [3.63, 3.8) is 0 Å². The van der Waals surface area contributed by atoms with Crippen LogP contribution in [-0.4, -0.2) is 78.3 Å². The van der Waals surface area contributed by atoms with Gasteiger partial charge in [0, 0.05) is 49.7 Å². The van der Waals surface area contributed by atoms with E-state index in [0.717, 1.165) is 49.4 Å². The summed E-state index contributed by atoms with van der Waals surface area (Å²) in [6, 6.07) is 19.9. The molecule has 7 atom stereocenters. The van der Waals surface area contributed by atoms with Gasteiger partial charge in [-0.1, -0.05) is 54.9 Å². The number of fused-ring (bicyclic) bond motifs is 4. The number of carbonyl (C=O) groups is 2.